The molecule has 40 valence electrons. The lowest BCUT2D eigenvalue weighted by Gasteiger charge is -1.78. The summed E-state index contributed by atoms with van der Waals surface area (Å²) < 4.78 is 12.1. The molecule has 0 nitrogen and oxygen atoms in total. The van der Waals surface area contributed by atoms with Gasteiger partial charge >= 0.3 is 0 Å². The van der Waals surface area contributed by atoms with E-state index in [2.05, 4.69) is 6.92 Å². The van der Waals surface area contributed by atoms with Crippen LogP contribution in [0.2, 0.25) is 0 Å². The third-order valence-electron chi connectivity index (χ3n) is 0.889. The van der Waals surface area contributed by atoms with Gasteiger partial charge in [0.25, 0.3) is 0 Å². The molecular weight excluding hydrogens is 103 g/mol. The maximum atomic E-state index is 12.1. The highest BCUT2D eigenvalue weighted by molar-refractivity contribution is 5.18. The molecule has 0 atom stereocenters. The molecule has 1 rings (SSSR count). The van der Waals surface area contributed by atoms with Gasteiger partial charge < -0.3 is 0 Å². The van der Waals surface area contributed by atoms with Gasteiger partial charge in [0, 0.05) is 19.1 Å². The Kier molecular flexibility index (Phi) is 1.20. The van der Waals surface area contributed by atoms with Crippen LogP contribution >= 0.6 is 0 Å². The molecule has 0 aromatic heterocycles. The number of benzene rings is 1. The quantitative estimate of drug-likeness (QED) is 0.447. The first kappa shape index (κ1) is 5.16. The first-order valence-corrected chi connectivity index (χ1v) is 2.36. The van der Waals surface area contributed by atoms with Gasteiger partial charge in [-0.25, -0.2) is 0 Å². The Morgan fingerprint density at radius 1 is 1.38 bits per heavy atom. The van der Waals surface area contributed by atoms with E-state index in [9.17, 15) is 4.39 Å². The van der Waals surface area contributed by atoms with Gasteiger partial charge in [-0.2, -0.15) is 4.39 Å². The second kappa shape index (κ2) is 1.86. The van der Waals surface area contributed by atoms with Crippen LogP contribution in [-0.4, -0.2) is 0 Å². The average molecular weight is 109 g/mol. The van der Waals surface area contributed by atoms with Gasteiger partial charge in [-0.3, -0.25) is 0 Å². The highest BCUT2D eigenvalue weighted by Crippen LogP contribution is 1.99. The number of halogens is 1. The molecule has 0 aliphatic heterocycles. The van der Waals surface area contributed by atoms with Gasteiger partial charge in [-0.15, -0.1) is 0 Å². The molecule has 8 heavy (non-hydrogen) atoms. The molecule has 0 amide bonds. The predicted molar refractivity (Wildman–Crippen MR) is 30.9 cm³/mol. The van der Waals surface area contributed by atoms with Crippen LogP contribution in [0.1, 0.15) is 5.56 Å². The first-order chi connectivity index (χ1) is 3.79. The van der Waals surface area contributed by atoms with E-state index >= 15 is 0 Å². The van der Waals surface area contributed by atoms with E-state index in [4.69, 9.17) is 0 Å². The van der Waals surface area contributed by atoms with Crippen molar-refractivity contribution in [3.8, 4) is 0 Å². The number of hydrogen-bond donors (Lipinski definition) is 0. The van der Waals surface area contributed by atoms with E-state index in [1.165, 1.54) is 12.1 Å². The smallest absolute Gasteiger partial charge is 0.180 e. The molecule has 0 aliphatic rings. The van der Waals surface area contributed by atoms with E-state index in [1.807, 2.05) is 0 Å². The van der Waals surface area contributed by atoms with Crippen LogP contribution in [0.5, 0.6) is 0 Å². The Labute approximate surface area is 48.0 Å². The average Bonchev–Trinajstić information content (AvgIpc) is 1.64. The highest BCUT2D eigenvalue weighted by atomic mass is 19.1. The molecule has 0 saturated heterocycles. The maximum absolute atomic E-state index is 12.1. The van der Waals surface area contributed by atoms with E-state index in [1.54, 1.807) is 12.1 Å². The summed E-state index contributed by atoms with van der Waals surface area (Å²) in [4.78, 5) is 0. The summed E-state index contributed by atoms with van der Waals surface area (Å²) in [7, 11) is 0. The number of hydrogen-bond acceptors (Lipinski definition) is 0. The SMILES string of the molecule is [CH2+]c1cccc(F)c1. The van der Waals surface area contributed by atoms with E-state index in [0.29, 0.717) is 5.56 Å². The minimum absolute atomic E-state index is 0.225. The fourth-order valence-corrected chi connectivity index (χ4v) is 0.537. The van der Waals surface area contributed by atoms with Gasteiger partial charge in [0.05, 0.1) is 6.07 Å². The molecule has 0 saturated carbocycles. The second-order valence-electron chi connectivity index (χ2n) is 1.63. The Morgan fingerprint density at radius 3 is 2.50 bits per heavy atom. The fraction of sp³-hybridized carbons (Fsp3) is 0. The molecule has 1 aromatic rings. The van der Waals surface area contributed by atoms with Crippen molar-refractivity contribution in [1.29, 1.82) is 0 Å². The van der Waals surface area contributed by atoms with Gasteiger partial charge in [0.15, 0.2) is 5.82 Å². The zero-order chi connectivity index (χ0) is 5.98. The van der Waals surface area contributed by atoms with Crippen LogP contribution < -0.4 is 0 Å². The number of rotatable bonds is 0. The van der Waals surface area contributed by atoms with Crippen molar-refractivity contribution in [2.45, 2.75) is 0 Å². The van der Waals surface area contributed by atoms with E-state index in [0.717, 1.165) is 0 Å². The molecule has 0 spiro atoms. The lowest BCUT2D eigenvalue weighted by molar-refractivity contribution is 0.627. The minimum atomic E-state index is -0.225. The summed E-state index contributed by atoms with van der Waals surface area (Å²) in [6, 6.07) is 6.18. The summed E-state index contributed by atoms with van der Waals surface area (Å²) in [5.74, 6) is -0.225. The molecule has 0 unspecified atom stereocenters. The standard InChI is InChI=1S/C7H6F/c1-6-3-2-4-7(8)5-6/h2-5H,1H2/q+1. The maximum Gasteiger partial charge on any atom is 0.180 e. The molecule has 0 fully saturated rings. The zero-order valence-electron chi connectivity index (χ0n) is 4.39. The summed E-state index contributed by atoms with van der Waals surface area (Å²) in [5.41, 5.74) is 0.713. The Morgan fingerprint density at radius 2 is 2.12 bits per heavy atom. The highest BCUT2D eigenvalue weighted by Gasteiger charge is 1.93. The molecule has 1 aromatic carbocycles. The fourth-order valence-electron chi connectivity index (χ4n) is 0.537. The topological polar surface area (TPSA) is 0 Å². The third kappa shape index (κ3) is 0.997. The van der Waals surface area contributed by atoms with E-state index in [-0.39, 0.29) is 5.82 Å². The Balaban J connectivity index is 3.08. The van der Waals surface area contributed by atoms with Crippen LogP contribution in [-0.2, 0) is 0 Å². The largest absolute Gasteiger partial charge is 0.191 e. The Bertz CT molecular complexity index is 164. The van der Waals surface area contributed by atoms with Crippen molar-refractivity contribution in [2.75, 3.05) is 0 Å². The second-order valence-corrected chi connectivity index (χ2v) is 1.63. The van der Waals surface area contributed by atoms with Crippen molar-refractivity contribution in [2.24, 2.45) is 0 Å². The van der Waals surface area contributed by atoms with Crippen molar-refractivity contribution in [3.63, 3.8) is 0 Å². The molecule has 0 N–H and O–H groups in total. The van der Waals surface area contributed by atoms with Crippen LogP contribution in [0.25, 0.3) is 0 Å². The predicted octanol–water partition coefficient (Wildman–Crippen LogP) is 2.01. The van der Waals surface area contributed by atoms with Gasteiger partial charge in [0.2, 0.25) is 0 Å². The third-order valence-corrected chi connectivity index (χ3v) is 0.889. The van der Waals surface area contributed by atoms with Crippen molar-refractivity contribution in [3.05, 3.63) is 42.6 Å². The van der Waals surface area contributed by atoms with Gasteiger partial charge in [0.1, 0.15) is 5.56 Å². The molecular formula is C7H6F+. The molecule has 0 heterocycles. The molecule has 1 heteroatoms. The monoisotopic (exact) mass is 109 g/mol. The van der Waals surface area contributed by atoms with Crippen LogP contribution in [0.4, 0.5) is 4.39 Å². The molecule has 0 aliphatic carbocycles. The van der Waals surface area contributed by atoms with Gasteiger partial charge in [-0.05, 0) is 6.07 Å². The Hall–Kier alpha value is -0.980. The van der Waals surface area contributed by atoms with Crippen LogP contribution in [0, 0.1) is 12.7 Å². The zero-order valence-corrected chi connectivity index (χ0v) is 4.39. The summed E-state index contributed by atoms with van der Waals surface area (Å²) in [6.45, 7) is 3.54. The summed E-state index contributed by atoms with van der Waals surface area (Å²) in [5, 5.41) is 0. The van der Waals surface area contributed by atoms with Crippen molar-refractivity contribution < 1.29 is 4.39 Å². The lowest BCUT2D eigenvalue weighted by atomic mass is 10.2. The normalized spacial score (nSPS) is 9.12. The lowest BCUT2D eigenvalue weighted by Crippen LogP contribution is -1.72. The van der Waals surface area contributed by atoms with Gasteiger partial charge in [-0.1, -0.05) is 0 Å². The minimum Gasteiger partial charge on any atom is -0.191 e. The summed E-state index contributed by atoms with van der Waals surface area (Å²) in [6.07, 6.45) is 0. The molecule has 0 bridgehead atoms. The van der Waals surface area contributed by atoms with Crippen molar-refractivity contribution in [1.82, 2.24) is 0 Å². The van der Waals surface area contributed by atoms with Crippen LogP contribution in [0.3, 0.4) is 0 Å². The van der Waals surface area contributed by atoms with Crippen molar-refractivity contribution >= 4 is 0 Å². The molecule has 0 radical (unpaired) electrons. The van der Waals surface area contributed by atoms with E-state index < -0.39 is 0 Å². The van der Waals surface area contributed by atoms with Crippen LogP contribution in [0.15, 0.2) is 24.3 Å². The first-order valence-electron chi connectivity index (χ1n) is 2.36. The summed E-state index contributed by atoms with van der Waals surface area (Å²) >= 11 is 0.